The van der Waals surface area contributed by atoms with E-state index in [1.807, 2.05) is 4.90 Å². The molecule has 0 radical (unpaired) electrons. The third-order valence-electron chi connectivity index (χ3n) is 3.52. The Bertz CT molecular complexity index is 402. The van der Waals surface area contributed by atoms with E-state index in [9.17, 15) is 4.79 Å². The Morgan fingerprint density at radius 2 is 2.06 bits per heavy atom. The molecule has 1 spiro atoms. The van der Waals surface area contributed by atoms with Crippen molar-refractivity contribution in [2.75, 3.05) is 26.3 Å². The van der Waals surface area contributed by atoms with Gasteiger partial charge in [-0.3, -0.25) is 4.79 Å². The molecule has 0 N–H and O–H groups in total. The SMILES string of the molecule is O=C(Cc1ccon1)N1CCC2(CC1)OCCO2. The standard InChI is InChI=1S/C12H16N2O4/c15-11(9-10-1-6-18-13-10)14-4-2-12(3-5-14)16-7-8-17-12/h1,6H,2-5,7-9H2. The lowest BCUT2D eigenvalue weighted by molar-refractivity contribution is -0.187. The van der Waals surface area contributed by atoms with Crippen molar-refractivity contribution >= 4 is 5.91 Å². The highest BCUT2D eigenvalue weighted by atomic mass is 16.7. The summed E-state index contributed by atoms with van der Waals surface area (Å²) in [6.45, 7) is 2.67. The Kier molecular flexibility index (Phi) is 3.05. The van der Waals surface area contributed by atoms with E-state index in [0.717, 1.165) is 12.8 Å². The second kappa shape index (κ2) is 4.70. The Hall–Kier alpha value is -1.40. The number of nitrogens with zero attached hydrogens (tertiary/aromatic N) is 2. The summed E-state index contributed by atoms with van der Waals surface area (Å²) in [7, 11) is 0. The van der Waals surface area contributed by atoms with Crippen molar-refractivity contribution in [2.24, 2.45) is 0 Å². The number of carbonyl (C=O) groups is 1. The summed E-state index contributed by atoms with van der Waals surface area (Å²) >= 11 is 0. The zero-order valence-electron chi connectivity index (χ0n) is 10.1. The Morgan fingerprint density at radius 1 is 1.33 bits per heavy atom. The van der Waals surface area contributed by atoms with Gasteiger partial charge in [-0.2, -0.15) is 0 Å². The molecule has 0 bridgehead atoms. The summed E-state index contributed by atoms with van der Waals surface area (Å²) in [6.07, 6.45) is 3.27. The molecule has 98 valence electrons. The highest BCUT2D eigenvalue weighted by Gasteiger charge is 2.40. The van der Waals surface area contributed by atoms with Crippen molar-refractivity contribution in [3.05, 3.63) is 18.0 Å². The van der Waals surface area contributed by atoms with Gasteiger partial charge in [0.1, 0.15) is 6.26 Å². The van der Waals surface area contributed by atoms with Gasteiger partial charge in [-0.25, -0.2) is 0 Å². The fourth-order valence-electron chi connectivity index (χ4n) is 2.48. The Labute approximate surface area is 105 Å². The van der Waals surface area contributed by atoms with E-state index in [1.54, 1.807) is 6.07 Å². The maximum absolute atomic E-state index is 12.0. The summed E-state index contributed by atoms with van der Waals surface area (Å²) in [5.74, 6) is -0.346. The van der Waals surface area contributed by atoms with E-state index in [1.165, 1.54) is 6.26 Å². The summed E-state index contributed by atoms with van der Waals surface area (Å²) < 4.78 is 16.0. The van der Waals surface area contributed by atoms with E-state index in [4.69, 9.17) is 14.0 Å². The molecule has 1 aromatic heterocycles. The largest absolute Gasteiger partial charge is 0.364 e. The summed E-state index contributed by atoms with van der Waals surface area (Å²) in [6, 6.07) is 1.71. The lowest BCUT2D eigenvalue weighted by Crippen LogP contribution is -2.47. The summed E-state index contributed by atoms with van der Waals surface area (Å²) in [5, 5.41) is 3.75. The average molecular weight is 252 g/mol. The predicted molar refractivity (Wildman–Crippen MR) is 60.7 cm³/mol. The van der Waals surface area contributed by atoms with E-state index in [0.29, 0.717) is 38.4 Å². The first-order valence-electron chi connectivity index (χ1n) is 6.22. The van der Waals surface area contributed by atoms with Crippen LogP contribution in [0.1, 0.15) is 18.5 Å². The van der Waals surface area contributed by atoms with Crippen molar-refractivity contribution in [3.63, 3.8) is 0 Å². The molecule has 2 aliphatic rings. The summed E-state index contributed by atoms with van der Waals surface area (Å²) in [4.78, 5) is 13.9. The van der Waals surface area contributed by atoms with Crippen LogP contribution in [0.25, 0.3) is 0 Å². The Morgan fingerprint density at radius 3 is 2.67 bits per heavy atom. The monoisotopic (exact) mass is 252 g/mol. The number of piperidine rings is 1. The second-order valence-corrected chi connectivity index (χ2v) is 4.66. The maximum Gasteiger partial charge on any atom is 0.228 e. The van der Waals surface area contributed by atoms with Gasteiger partial charge >= 0.3 is 0 Å². The molecule has 0 atom stereocenters. The van der Waals surface area contributed by atoms with Crippen molar-refractivity contribution in [1.82, 2.24) is 10.1 Å². The van der Waals surface area contributed by atoms with Crippen LogP contribution in [-0.2, 0) is 20.7 Å². The first-order valence-corrected chi connectivity index (χ1v) is 6.22. The van der Waals surface area contributed by atoms with Gasteiger partial charge in [0.25, 0.3) is 0 Å². The van der Waals surface area contributed by atoms with Crippen LogP contribution in [0.15, 0.2) is 16.9 Å². The van der Waals surface area contributed by atoms with Gasteiger partial charge < -0.3 is 18.9 Å². The zero-order valence-corrected chi connectivity index (χ0v) is 10.1. The van der Waals surface area contributed by atoms with Gasteiger partial charge in [0.2, 0.25) is 5.91 Å². The van der Waals surface area contributed by atoms with Crippen molar-refractivity contribution < 1.29 is 18.8 Å². The molecule has 6 nitrogen and oxygen atoms in total. The number of hydrogen-bond donors (Lipinski definition) is 0. The molecule has 0 saturated carbocycles. The third kappa shape index (κ3) is 2.26. The second-order valence-electron chi connectivity index (χ2n) is 4.66. The molecule has 0 aliphatic carbocycles. The van der Waals surface area contributed by atoms with E-state index < -0.39 is 5.79 Å². The van der Waals surface area contributed by atoms with Gasteiger partial charge in [-0.05, 0) is 0 Å². The molecule has 3 rings (SSSR count). The zero-order chi connectivity index (χ0) is 12.4. The number of hydrogen-bond acceptors (Lipinski definition) is 5. The molecular weight excluding hydrogens is 236 g/mol. The van der Waals surface area contributed by atoms with E-state index in [-0.39, 0.29) is 5.91 Å². The molecule has 1 aromatic rings. The lowest BCUT2D eigenvalue weighted by Gasteiger charge is -2.37. The number of aromatic nitrogens is 1. The predicted octanol–water partition coefficient (Wildman–Crippen LogP) is 0.583. The van der Waals surface area contributed by atoms with Gasteiger partial charge in [0.15, 0.2) is 5.79 Å². The fourth-order valence-corrected chi connectivity index (χ4v) is 2.48. The van der Waals surface area contributed by atoms with E-state index >= 15 is 0 Å². The van der Waals surface area contributed by atoms with Gasteiger partial charge in [-0.1, -0.05) is 5.16 Å². The minimum absolute atomic E-state index is 0.0803. The van der Waals surface area contributed by atoms with Crippen molar-refractivity contribution in [3.8, 4) is 0 Å². The van der Waals surface area contributed by atoms with Crippen LogP contribution in [-0.4, -0.2) is 48.1 Å². The average Bonchev–Trinajstić information content (AvgIpc) is 3.03. The smallest absolute Gasteiger partial charge is 0.228 e. The molecule has 2 aliphatic heterocycles. The highest BCUT2D eigenvalue weighted by Crippen LogP contribution is 2.31. The van der Waals surface area contributed by atoms with Crippen LogP contribution < -0.4 is 0 Å². The molecule has 0 unspecified atom stereocenters. The van der Waals surface area contributed by atoms with Gasteiger partial charge in [-0.15, -0.1) is 0 Å². The molecule has 18 heavy (non-hydrogen) atoms. The quantitative estimate of drug-likeness (QED) is 0.770. The van der Waals surface area contributed by atoms with Crippen molar-refractivity contribution in [1.29, 1.82) is 0 Å². The molecule has 3 heterocycles. The number of amides is 1. The molecule has 0 aromatic carbocycles. The highest BCUT2D eigenvalue weighted by molar-refractivity contribution is 5.78. The van der Waals surface area contributed by atoms with Gasteiger partial charge in [0, 0.05) is 32.0 Å². The summed E-state index contributed by atoms with van der Waals surface area (Å²) in [5.41, 5.74) is 0.675. The van der Waals surface area contributed by atoms with Crippen molar-refractivity contribution in [2.45, 2.75) is 25.0 Å². The first kappa shape index (κ1) is 11.7. The normalized spacial score (nSPS) is 22.6. The minimum atomic E-state index is -0.426. The number of likely N-dealkylation sites (tertiary alicyclic amines) is 1. The maximum atomic E-state index is 12.0. The van der Waals surface area contributed by atoms with Crippen LogP contribution in [0.4, 0.5) is 0 Å². The van der Waals surface area contributed by atoms with Crippen LogP contribution >= 0.6 is 0 Å². The first-order chi connectivity index (χ1) is 8.77. The number of rotatable bonds is 2. The fraction of sp³-hybridized carbons (Fsp3) is 0.667. The topological polar surface area (TPSA) is 64.8 Å². The molecule has 2 fully saturated rings. The lowest BCUT2D eigenvalue weighted by atomic mass is 10.0. The van der Waals surface area contributed by atoms with Crippen LogP contribution in [0.3, 0.4) is 0 Å². The Balaban J connectivity index is 1.54. The number of carbonyl (C=O) groups excluding carboxylic acids is 1. The number of ether oxygens (including phenoxy) is 2. The van der Waals surface area contributed by atoms with Crippen LogP contribution in [0.5, 0.6) is 0 Å². The van der Waals surface area contributed by atoms with E-state index in [2.05, 4.69) is 5.16 Å². The van der Waals surface area contributed by atoms with Crippen LogP contribution in [0.2, 0.25) is 0 Å². The van der Waals surface area contributed by atoms with Gasteiger partial charge in [0.05, 0.1) is 25.3 Å². The molecule has 6 heteroatoms. The molecule has 2 saturated heterocycles. The molecular formula is C12H16N2O4. The third-order valence-corrected chi connectivity index (χ3v) is 3.52. The molecule has 1 amide bonds. The van der Waals surface area contributed by atoms with Crippen LogP contribution in [0, 0.1) is 0 Å². The minimum Gasteiger partial charge on any atom is -0.364 e.